The van der Waals surface area contributed by atoms with E-state index in [0.29, 0.717) is 12.5 Å². The maximum Gasteiger partial charge on any atom is 0.253 e. The molecule has 0 spiro atoms. The summed E-state index contributed by atoms with van der Waals surface area (Å²) in [7, 11) is -4.18. The topological polar surface area (TPSA) is 125 Å². The molecule has 2 aromatic rings. The zero-order chi connectivity index (χ0) is 24.5. The second kappa shape index (κ2) is 9.25. The molecule has 1 amide bonds. The Kier molecular flexibility index (Phi) is 6.53. The number of hydrogen-bond donors (Lipinski definition) is 1. The molecule has 1 saturated heterocycles. The van der Waals surface area contributed by atoms with Gasteiger partial charge >= 0.3 is 0 Å². The molecule has 2 N–H and O–H groups in total. The Labute approximate surface area is 199 Å². The summed E-state index contributed by atoms with van der Waals surface area (Å²) in [6, 6.07) is 5.80. The SMILES string of the molecule is CC1CN(c2nccc(S(=O)(=O)c3cccc(OCC4CCC=CO4)n3)c2C(N)=O)C(C)(C)C1. The van der Waals surface area contributed by atoms with Gasteiger partial charge in [-0.15, -0.1) is 0 Å². The molecule has 0 bridgehead atoms. The Balaban J connectivity index is 1.69. The maximum atomic E-state index is 13.6. The lowest BCUT2D eigenvalue weighted by molar-refractivity contribution is 0.0711. The van der Waals surface area contributed by atoms with Crippen LogP contribution in [0.1, 0.15) is 50.4 Å². The quantitative estimate of drug-likeness (QED) is 0.633. The number of sulfone groups is 1. The van der Waals surface area contributed by atoms with Crippen LogP contribution in [-0.4, -0.2) is 49.1 Å². The van der Waals surface area contributed by atoms with Crippen molar-refractivity contribution in [3.63, 3.8) is 0 Å². The number of anilines is 1. The lowest BCUT2D eigenvalue weighted by atomic mass is 9.97. The molecule has 182 valence electrons. The Morgan fingerprint density at radius 3 is 2.76 bits per heavy atom. The number of carbonyl (C=O) groups excluding carboxylic acids is 1. The normalized spacial score (nSPS) is 21.8. The van der Waals surface area contributed by atoms with Crippen LogP contribution in [-0.2, 0) is 14.6 Å². The standard InChI is InChI=1S/C24H30N4O5S/c1-16-13-24(2,3)28(14-16)23-21(22(25)29)18(10-11-26-23)34(30,31)20-9-6-8-19(27-20)33-15-17-7-4-5-12-32-17/h5-6,8-12,16-17H,4,7,13-15H2,1-3H3,(H2,25,29). The van der Waals surface area contributed by atoms with Gasteiger partial charge < -0.3 is 20.1 Å². The molecule has 2 aromatic heterocycles. The third-order valence-electron chi connectivity index (χ3n) is 6.17. The van der Waals surface area contributed by atoms with Crippen molar-refractivity contribution in [1.82, 2.24) is 9.97 Å². The molecular formula is C24H30N4O5S. The number of hydrogen-bond acceptors (Lipinski definition) is 8. The summed E-state index contributed by atoms with van der Waals surface area (Å²) in [6.07, 6.45) is 7.42. The van der Waals surface area contributed by atoms with Gasteiger partial charge in [0.25, 0.3) is 5.91 Å². The van der Waals surface area contributed by atoms with Crippen molar-refractivity contribution in [2.24, 2.45) is 11.7 Å². The average Bonchev–Trinajstić information content (AvgIpc) is 3.09. The second-order valence-corrected chi connectivity index (χ2v) is 11.3. The van der Waals surface area contributed by atoms with Gasteiger partial charge in [0.1, 0.15) is 24.1 Å². The van der Waals surface area contributed by atoms with Crippen LogP contribution in [0.5, 0.6) is 5.88 Å². The van der Waals surface area contributed by atoms with Crippen molar-refractivity contribution in [3.8, 4) is 5.88 Å². The third-order valence-corrected chi connectivity index (χ3v) is 7.87. The summed E-state index contributed by atoms with van der Waals surface area (Å²) in [5, 5.41) is -0.233. The average molecular weight is 487 g/mol. The maximum absolute atomic E-state index is 13.6. The highest BCUT2D eigenvalue weighted by molar-refractivity contribution is 7.91. The van der Waals surface area contributed by atoms with Crippen molar-refractivity contribution in [2.45, 2.75) is 61.6 Å². The first-order valence-electron chi connectivity index (χ1n) is 11.3. The van der Waals surface area contributed by atoms with E-state index in [9.17, 15) is 13.2 Å². The summed E-state index contributed by atoms with van der Waals surface area (Å²) in [5.74, 6) is -0.0645. The number of nitrogens with two attached hydrogens (primary N) is 1. The van der Waals surface area contributed by atoms with E-state index in [-0.39, 0.29) is 45.4 Å². The van der Waals surface area contributed by atoms with Crippen LogP contribution in [0.4, 0.5) is 5.82 Å². The van der Waals surface area contributed by atoms with Crippen molar-refractivity contribution in [3.05, 3.63) is 48.4 Å². The number of nitrogens with zero attached hydrogens (tertiary/aromatic N) is 3. The number of amides is 1. The minimum atomic E-state index is -4.18. The van der Waals surface area contributed by atoms with Crippen molar-refractivity contribution in [2.75, 3.05) is 18.1 Å². The number of primary amides is 1. The van der Waals surface area contributed by atoms with Crippen LogP contribution in [0.3, 0.4) is 0 Å². The van der Waals surface area contributed by atoms with Gasteiger partial charge in [-0.25, -0.2) is 18.4 Å². The predicted molar refractivity (Wildman–Crippen MR) is 126 cm³/mol. The zero-order valence-electron chi connectivity index (χ0n) is 19.6. The highest BCUT2D eigenvalue weighted by Crippen LogP contribution is 2.39. The molecular weight excluding hydrogens is 456 g/mol. The second-order valence-electron chi connectivity index (χ2n) is 9.44. The van der Waals surface area contributed by atoms with E-state index in [1.54, 1.807) is 18.4 Å². The molecule has 0 radical (unpaired) electrons. The van der Waals surface area contributed by atoms with E-state index in [1.165, 1.54) is 18.3 Å². The summed E-state index contributed by atoms with van der Waals surface area (Å²) < 4.78 is 38.4. The Morgan fingerprint density at radius 1 is 1.32 bits per heavy atom. The molecule has 0 aromatic carbocycles. The monoisotopic (exact) mass is 486 g/mol. The molecule has 9 nitrogen and oxygen atoms in total. The number of rotatable bonds is 7. The zero-order valence-corrected chi connectivity index (χ0v) is 20.4. The first kappa shape index (κ1) is 24.0. The Hall–Kier alpha value is -3.14. The molecule has 4 rings (SSSR count). The molecule has 1 fully saturated rings. The van der Waals surface area contributed by atoms with E-state index < -0.39 is 15.7 Å². The van der Waals surface area contributed by atoms with Gasteiger partial charge in [0.05, 0.1) is 11.2 Å². The summed E-state index contributed by atoms with van der Waals surface area (Å²) in [5.41, 5.74) is 5.28. The molecule has 2 atom stereocenters. The number of allylic oxidation sites excluding steroid dienone is 1. The molecule has 34 heavy (non-hydrogen) atoms. The van der Waals surface area contributed by atoms with Gasteiger partial charge in [-0.1, -0.05) is 13.0 Å². The molecule has 0 saturated carbocycles. The molecule has 2 unspecified atom stereocenters. The first-order valence-corrected chi connectivity index (χ1v) is 12.8. The molecule has 2 aliphatic rings. The lowest BCUT2D eigenvalue weighted by Gasteiger charge is -2.33. The molecule has 0 aliphatic carbocycles. The van der Waals surface area contributed by atoms with Crippen LogP contribution in [0.2, 0.25) is 0 Å². The van der Waals surface area contributed by atoms with Gasteiger partial charge in [-0.2, -0.15) is 0 Å². The minimum absolute atomic E-state index is 0.123. The van der Waals surface area contributed by atoms with Gasteiger partial charge in [-0.05, 0) is 57.2 Å². The number of aromatic nitrogens is 2. The van der Waals surface area contributed by atoms with Crippen LogP contribution < -0.4 is 15.4 Å². The van der Waals surface area contributed by atoms with Gasteiger partial charge in [0.15, 0.2) is 5.03 Å². The smallest absolute Gasteiger partial charge is 0.253 e. The molecule has 4 heterocycles. The van der Waals surface area contributed by atoms with E-state index in [0.717, 1.165) is 19.3 Å². The predicted octanol–water partition coefficient (Wildman–Crippen LogP) is 3.10. The fourth-order valence-electron chi connectivity index (χ4n) is 4.68. The van der Waals surface area contributed by atoms with E-state index in [4.69, 9.17) is 15.2 Å². The summed E-state index contributed by atoms with van der Waals surface area (Å²) in [6.45, 7) is 7.08. The highest BCUT2D eigenvalue weighted by atomic mass is 32.2. The first-order chi connectivity index (χ1) is 16.1. The van der Waals surface area contributed by atoms with Crippen LogP contribution in [0, 0.1) is 5.92 Å². The van der Waals surface area contributed by atoms with Crippen LogP contribution >= 0.6 is 0 Å². The van der Waals surface area contributed by atoms with E-state index in [1.807, 2.05) is 24.8 Å². The largest absolute Gasteiger partial charge is 0.495 e. The van der Waals surface area contributed by atoms with Crippen molar-refractivity contribution in [1.29, 1.82) is 0 Å². The Morgan fingerprint density at radius 2 is 2.12 bits per heavy atom. The van der Waals surface area contributed by atoms with Crippen LogP contribution in [0.25, 0.3) is 0 Å². The minimum Gasteiger partial charge on any atom is -0.495 e. The van der Waals surface area contributed by atoms with E-state index in [2.05, 4.69) is 16.9 Å². The lowest BCUT2D eigenvalue weighted by Crippen LogP contribution is -2.40. The fourth-order valence-corrected chi connectivity index (χ4v) is 6.07. The fraction of sp³-hybridized carbons (Fsp3) is 0.458. The van der Waals surface area contributed by atoms with Gasteiger partial charge in [-0.3, -0.25) is 4.79 Å². The third kappa shape index (κ3) is 4.72. The number of carbonyl (C=O) groups is 1. The number of pyridine rings is 2. The molecule has 2 aliphatic heterocycles. The van der Waals surface area contributed by atoms with Crippen molar-refractivity contribution >= 4 is 21.6 Å². The van der Waals surface area contributed by atoms with Crippen molar-refractivity contribution < 1.29 is 22.7 Å². The van der Waals surface area contributed by atoms with Gasteiger partial charge in [0.2, 0.25) is 15.7 Å². The van der Waals surface area contributed by atoms with E-state index >= 15 is 0 Å². The molecule has 10 heteroatoms. The highest BCUT2D eigenvalue weighted by Gasteiger charge is 2.40. The summed E-state index contributed by atoms with van der Waals surface area (Å²) in [4.78, 5) is 22.9. The van der Waals surface area contributed by atoms with Gasteiger partial charge in [0, 0.05) is 24.3 Å². The van der Waals surface area contributed by atoms with Crippen LogP contribution in [0.15, 0.2) is 52.7 Å². The Bertz CT molecular complexity index is 1210. The summed E-state index contributed by atoms with van der Waals surface area (Å²) >= 11 is 0. The number of ether oxygens (including phenoxy) is 2.